The van der Waals surface area contributed by atoms with Gasteiger partial charge in [0.15, 0.2) is 5.78 Å². The van der Waals surface area contributed by atoms with Crippen molar-refractivity contribution in [1.29, 1.82) is 0 Å². The monoisotopic (exact) mass is 479 g/mol. The molecule has 1 aliphatic heterocycles. The summed E-state index contributed by atoms with van der Waals surface area (Å²) in [7, 11) is 0. The third-order valence-corrected chi connectivity index (χ3v) is 7.18. The molecule has 0 radical (unpaired) electrons. The van der Waals surface area contributed by atoms with Crippen LogP contribution in [0.5, 0.6) is 5.75 Å². The van der Waals surface area contributed by atoms with Crippen LogP contribution in [0.2, 0.25) is 0 Å². The molecular formula is C27H27F2N3O3. The fourth-order valence-electron chi connectivity index (χ4n) is 5.38. The Bertz CT molecular complexity index is 1220. The van der Waals surface area contributed by atoms with Crippen molar-refractivity contribution >= 4 is 11.7 Å². The molecule has 1 fully saturated rings. The number of alkyl halides is 2. The number of ether oxygens (including phenoxy) is 1. The lowest BCUT2D eigenvalue weighted by molar-refractivity contribution is -0.131. The van der Waals surface area contributed by atoms with Crippen molar-refractivity contribution in [1.82, 2.24) is 14.9 Å². The molecule has 182 valence electrons. The van der Waals surface area contributed by atoms with Crippen LogP contribution in [0.3, 0.4) is 0 Å². The number of amides is 1. The second-order valence-electron chi connectivity index (χ2n) is 9.34. The van der Waals surface area contributed by atoms with Crippen LogP contribution in [0, 0.1) is 5.41 Å². The number of benzene rings is 2. The zero-order valence-electron chi connectivity index (χ0n) is 19.3. The summed E-state index contributed by atoms with van der Waals surface area (Å²) >= 11 is 0. The van der Waals surface area contributed by atoms with Gasteiger partial charge in [-0.2, -0.15) is 8.78 Å². The Morgan fingerprint density at radius 3 is 2.60 bits per heavy atom. The van der Waals surface area contributed by atoms with Gasteiger partial charge in [-0.05, 0) is 61.6 Å². The molecule has 35 heavy (non-hydrogen) atoms. The van der Waals surface area contributed by atoms with Crippen LogP contribution in [-0.2, 0) is 11.2 Å². The first-order valence-corrected chi connectivity index (χ1v) is 12.0. The van der Waals surface area contributed by atoms with E-state index in [0.29, 0.717) is 18.4 Å². The topological polar surface area (TPSA) is 73.2 Å². The van der Waals surface area contributed by atoms with Gasteiger partial charge in [0, 0.05) is 30.1 Å². The Kier molecular flexibility index (Phi) is 6.36. The van der Waals surface area contributed by atoms with Gasteiger partial charge in [0.25, 0.3) is 0 Å². The van der Waals surface area contributed by atoms with Gasteiger partial charge in [-0.25, -0.2) is 4.98 Å². The van der Waals surface area contributed by atoms with Crippen LogP contribution in [0.1, 0.15) is 66.3 Å². The SMILES string of the molecule is O=C(CC1(C(=O)N[C@@H]2CCc3ccccc3-n3ccnc32)CCCC1)c1ccc(OC(F)F)cc1. The van der Waals surface area contributed by atoms with Gasteiger partial charge >= 0.3 is 6.61 Å². The van der Waals surface area contributed by atoms with E-state index in [1.54, 1.807) is 6.20 Å². The van der Waals surface area contributed by atoms with E-state index in [4.69, 9.17) is 0 Å². The van der Waals surface area contributed by atoms with Crippen molar-refractivity contribution in [3.63, 3.8) is 0 Å². The second kappa shape index (κ2) is 9.60. The number of hydrogen-bond acceptors (Lipinski definition) is 4. The molecule has 6 nitrogen and oxygen atoms in total. The molecule has 2 heterocycles. The lowest BCUT2D eigenvalue weighted by atomic mass is 9.78. The van der Waals surface area contributed by atoms with Crippen molar-refractivity contribution in [2.24, 2.45) is 5.41 Å². The highest BCUT2D eigenvalue weighted by atomic mass is 19.3. The molecule has 2 aromatic carbocycles. The Labute approximate surface area is 202 Å². The van der Waals surface area contributed by atoms with Crippen molar-refractivity contribution in [2.45, 2.75) is 57.6 Å². The molecule has 1 aromatic heterocycles. The van der Waals surface area contributed by atoms with Crippen LogP contribution in [-0.4, -0.2) is 27.9 Å². The number of Topliss-reactive ketones (excluding diaryl/α,β-unsaturated/α-hetero) is 1. The first-order chi connectivity index (χ1) is 16.9. The molecule has 8 heteroatoms. The van der Waals surface area contributed by atoms with E-state index >= 15 is 0 Å². The van der Waals surface area contributed by atoms with Crippen molar-refractivity contribution < 1.29 is 23.1 Å². The number of imidazole rings is 1. The normalized spacial score (nSPS) is 18.4. The Balaban J connectivity index is 1.33. The largest absolute Gasteiger partial charge is 0.435 e. The molecule has 1 amide bonds. The number of rotatable bonds is 7. The zero-order valence-corrected chi connectivity index (χ0v) is 19.3. The minimum Gasteiger partial charge on any atom is -0.435 e. The van der Waals surface area contributed by atoms with Crippen LogP contribution in [0.4, 0.5) is 8.78 Å². The minimum absolute atomic E-state index is 0.00488. The molecule has 3 aromatic rings. The average molecular weight is 480 g/mol. The number of aryl methyl sites for hydroxylation is 1. The van der Waals surface area contributed by atoms with Gasteiger partial charge in [0.2, 0.25) is 5.91 Å². The number of ketones is 1. The van der Waals surface area contributed by atoms with Crippen LogP contribution < -0.4 is 10.1 Å². The number of fused-ring (bicyclic) bond motifs is 3. The van der Waals surface area contributed by atoms with Crippen LogP contribution >= 0.6 is 0 Å². The summed E-state index contributed by atoms with van der Waals surface area (Å²) in [6, 6.07) is 13.5. The predicted octanol–water partition coefficient (Wildman–Crippen LogP) is 5.41. The third kappa shape index (κ3) is 4.70. The standard InChI is InChI=1S/C27H27F2N3O3/c28-26(29)35-20-10-7-19(8-11-20)23(33)17-27(13-3-4-14-27)25(34)31-21-12-9-18-5-1-2-6-22(18)32-16-15-30-24(21)32/h1-2,5-8,10-11,15-16,21,26H,3-4,9,12-14,17H2,(H,31,34)/t21-/m1/s1. The Morgan fingerprint density at radius 2 is 1.86 bits per heavy atom. The molecular weight excluding hydrogens is 452 g/mol. The number of nitrogens with one attached hydrogen (secondary N) is 1. The molecule has 1 saturated carbocycles. The van der Waals surface area contributed by atoms with E-state index in [-0.39, 0.29) is 29.9 Å². The molecule has 2 aliphatic rings. The molecule has 0 bridgehead atoms. The summed E-state index contributed by atoms with van der Waals surface area (Å²) < 4.78 is 31.2. The second-order valence-corrected chi connectivity index (χ2v) is 9.34. The van der Waals surface area contributed by atoms with E-state index in [0.717, 1.165) is 37.2 Å². The lowest BCUT2D eigenvalue weighted by Gasteiger charge is -2.29. The summed E-state index contributed by atoms with van der Waals surface area (Å²) in [6.45, 7) is -2.92. The first kappa shape index (κ1) is 23.2. The van der Waals surface area contributed by atoms with Gasteiger partial charge in [0.05, 0.1) is 11.5 Å². The van der Waals surface area contributed by atoms with Crippen molar-refractivity contribution in [3.8, 4) is 11.4 Å². The van der Waals surface area contributed by atoms with Crippen LogP contribution in [0.25, 0.3) is 5.69 Å². The van der Waals surface area contributed by atoms with Crippen molar-refractivity contribution in [3.05, 3.63) is 77.9 Å². The molecule has 1 atom stereocenters. The van der Waals surface area contributed by atoms with Gasteiger partial charge in [0.1, 0.15) is 11.6 Å². The fourth-order valence-corrected chi connectivity index (χ4v) is 5.38. The number of nitrogens with zero attached hydrogens (tertiary/aromatic N) is 2. The molecule has 0 unspecified atom stereocenters. The van der Waals surface area contributed by atoms with E-state index in [1.165, 1.54) is 29.8 Å². The maximum absolute atomic E-state index is 13.7. The Hall–Kier alpha value is -3.55. The van der Waals surface area contributed by atoms with Gasteiger partial charge in [-0.1, -0.05) is 31.0 Å². The molecule has 1 N–H and O–H groups in total. The van der Waals surface area contributed by atoms with Gasteiger partial charge < -0.3 is 14.6 Å². The smallest absolute Gasteiger partial charge is 0.387 e. The predicted molar refractivity (Wildman–Crippen MR) is 126 cm³/mol. The number of aromatic nitrogens is 2. The summed E-state index contributed by atoms with van der Waals surface area (Å²) in [6.07, 6.45) is 8.30. The third-order valence-electron chi connectivity index (χ3n) is 7.18. The number of halogens is 2. The number of carbonyl (C=O) groups excluding carboxylic acids is 2. The highest BCUT2D eigenvalue weighted by Gasteiger charge is 2.44. The average Bonchev–Trinajstić information content (AvgIpc) is 3.50. The maximum atomic E-state index is 13.7. The molecule has 5 rings (SSSR count). The lowest BCUT2D eigenvalue weighted by Crippen LogP contribution is -2.43. The maximum Gasteiger partial charge on any atom is 0.387 e. The number of carbonyl (C=O) groups is 2. The van der Waals surface area contributed by atoms with E-state index in [1.807, 2.05) is 22.9 Å². The first-order valence-electron chi connectivity index (χ1n) is 12.0. The van der Waals surface area contributed by atoms with Gasteiger partial charge in [-0.15, -0.1) is 0 Å². The Morgan fingerprint density at radius 1 is 1.11 bits per heavy atom. The summed E-state index contributed by atoms with van der Waals surface area (Å²) in [5.74, 6) is 0.485. The fraction of sp³-hybridized carbons (Fsp3) is 0.370. The van der Waals surface area contributed by atoms with Crippen molar-refractivity contribution in [2.75, 3.05) is 0 Å². The number of hydrogen-bond donors (Lipinski definition) is 1. The molecule has 0 spiro atoms. The zero-order chi connectivity index (χ0) is 24.4. The quantitative estimate of drug-likeness (QED) is 0.460. The van der Waals surface area contributed by atoms with E-state index in [9.17, 15) is 18.4 Å². The summed E-state index contributed by atoms with van der Waals surface area (Å²) in [4.78, 5) is 31.4. The van der Waals surface area contributed by atoms with E-state index in [2.05, 4.69) is 27.2 Å². The summed E-state index contributed by atoms with van der Waals surface area (Å²) in [5, 5.41) is 3.23. The highest BCUT2D eigenvalue weighted by Crippen LogP contribution is 2.43. The molecule has 1 aliphatic carbocycles. The summed E-state index contributed by atoms with van der Waals surface area (Å²) in [5.41, 5.74) is 1.87. The van der Waals surface area contributed by atoms with Gasteiger partial charge in [-0.3, -0.25) is 9.59 Å². The minimum atomic E-state index is -2.92. The highest BCUT2D eigenvalue weighted by molar-refractivity contribution is 6.00. The van der Waals surface area contributed by atoms with E-state index < -0.39 is 12.0 Å². The van der Waals surface area contributed by atoms with Crippen LogP contribution in [0.15, 0.2) is 60.9 Å². The number of para-hydroxylation sites is 1. The molecule has 0 saturated heterocycles.